The van der Waals surface area contributed by atoms with Gasteiger partial charge in [-0.15, -0.1) is 0 Å². The van der Waals surface area contributed by atoms with Crippen LogP contribution in [-0.2, 0) is 14.3 Å². The summed E-state index contributed by atoms with van der Waals surface area (Å²) in [5.74, 6) is -0.875. The normalized spacial score (nSPS) is 15.2. The van der Waals surface area contributed by atoms with Crippen molar-refractivity contribution in [3.63, 3.8) is 0 Å². The van der Waals surface area contributed by atoms with Gasteiger partial charge in [0, 0.05) is 6.92 Å². The van der Waals surface area contributed by atoms with Crippen molar-refractivity contribution in [2.24, 2.45) is 4.99 Å². The summed E-state index contributed by atoms with van der Waals surface area (Å²) in [5.41, 5.74) is 1.46. The van der Waals surface area contributed by atoms with Crippen molar-refractivity contribution in [1.82, 2.24) is 4.57 Å². The number of nitrogens with zero attached hydrogens (tertiary/aromatic N) is 2. The number of thiazole rings is 1. The van der Waals surface area contributed by atoms with Gasteiger partial charge < -0.3 is 14.2 Å². The van der Waals surface area contributed by atoms with Gasteiger partial charge in [-0.3, -0.25) is 14.2 Å². The monoisotopic (exact) mass is 636 g/mol. The van der Waals surface area contributed by atoms with Crippen LogP contribution in [-0.4, -0.2) is 30.2 Å². The van der Waals surface area contributed by atoms with Crippen LogP contribution < -0.4 is 24.4 Å². The number of hydrogen-bond acceptors (Lipinski definition) is 8. The standard InChI is InChI=1S/C26H22FIN2O6S/c1-5-35-25(33)21-13(2)29-26-30(22(21)16-6-8-17(27)9-7-16)24(32)20(37-26)12-15-10-18(28)23(36-14(3)31)19(11-15)34-4/h6-12,22H,5H2,1-4H3/b20-12-/t22-/m0/s1. The van der Waals surface area contributed by atoms with Gasteiger partial charge in [0.15, 0.2) is 16.3 Å². The van der Waals surface area contributed by atoms with Crippen LogP contribution >= 0.6 is 33.9 Å². The molecular weight excluding hydrogens is 614 g/mol. The molecule has 1 atom stereocenters. The zero-order valence-electron chi connectivity index (χ0n) is 20.3. The van der Waals surface area contributed by atoms with Gasteiger partial charge in [-0.1, -0.05) is 23.5 Å². The summed E-state index contributed by atoms with van der Waals surface area (Å²) in [6, 6.07) is 8.22. The van der Waals surface area contributed by atoms with Crippen LogP contribution in [0.5, 0.6) is 11.5 Å². The molecule has 8 nitrogen and oxygen atoms in total. The highest BCUT2D eigenvalue weighted by Crippen LogP contribution is 2.34. The highest BCUT2D eigenvalue weighted by Gasteiger charge is 2.33. The van der Waals surface area contributed by atoms with Gasteiger partial charge in [0.25, 0.3) is 5.56 Å². The lowest BCUT2D eigenvalue weighted by atomic mass is 9.96. The predicted octanol–water partition coefficient (Wildman–Crippen LogP) is 3.48. The van der Waals surface area contributed by atoms with Crippen LogP contribution in [0, 0.1) is 9.39 Å². The van der Waals surface area contributed by atoms with Crippen LogP contribution in [0.25, 0.3) is 6.08 Å². The van der Waals surface area contributed by atoms with Crippen molar-refractivity contribution in [3.8, 4) is 11.5 Å². The molecule has 3 aromatic rings. The summed E-state index contributed by atoms with van der Waals surface area (Å²) >= 11 is 3.19. The van der Waals surface area contributed by atoms with Crippen LogP contribution in [0.3, 0.4) is 0 Å². The Morgan fingerprint density at radius 3 is 2.57 bits per heavy atom. The minimum Gasteiger partial charge on any atom is -0.493 e. The molecule has 0 spiro atoms. The molecule has 1 aliphatic rings. The molecule has 37 heavy (non-hydrogen) atoms. The summed E-state index contributed by atoms with van der Waals surface area (Å²) in [4.78, 5) is 43.0. The fourth-order valence-electron chi connectivity index (χ4n) is 3.97. The summed E-state index contributed by atoms with van der Waals surface area (Å²) < 4.78 is 32.0. The summed E-state index contributed by atoms with van der Waals surface area (Å²) in [6.45, 7) is 4.83. The zero-order chi connectivity index (χ0) is 26.9. The third kappa shape index (κ3) is 5.37. The summed E-state index contributed by atoms with van der Waals surface area (Å²) in [6.07, 6.45) is 1.68. The molecule has 0 fully saturated rings. The van der Waals surface area contributed by atoms with Gasteiger partial charge in [0.2, 0.25) is 0 Å². The van der Waals surface area contributed by atoms with Gasteiger partial charge in [-0.25, -0.2) is 14.2 Å². The number of benzene rings is 2. The second-order valence-corrected chi connectivity index (χ2v) is 10.2. The molecule has 192 valence electrons. The van der Waals surface area contributed by atoms with E-state index in [0.29, 0.717) is 41.2 Å². The van der Waals surface area contributed by atoms with Crippen LogP contribution in [0.4, 0.5) is 4.39 Å². The molecule has 11 heteroatoms. The van der Waals surface area contributed by atoms with Crippen LogP contribution in [0.15, 0.2) is 57.5 Å². The van der Waals surface area contributed by atoms with Gasteiger partial charge in [-0.2, -0.15) is 0 Å². The van der Waals surface area contributed by atoms with Gasteiger partial charge in [0.1, 0.15) is 5.82 Å². The van der Waals surface area contributed by atoms with Crippen molar-refractivity contribution in [2.75, 3.05) is 13.7 Å². The molecule has 0 aliphatic carbocycles. The lowest BCUT2D eigenvalue weighted by Crippen LogP contribution is -2.39. The first kappa shape index (κ1) is 26.7. The molecular formula is C26H22FIN2O6S. The smallest absolute Gasteiger partial charge is 0.338 e. The van der Waals surface area contributed by atoms with Crippen molar-refractivity contribution in [3.05, 3.63) is 87.9 Å². The molecule has 4 rings (SSSR count). The molecule has 0 bridgehead atoms. The topological polar surface area (TPSA) is 96.2 Å². The molecule has 0 N–H and O–H groups in total. The molecule has 0 radical (unpaired) electrons. The van der Waals surface area contributed by atoms with E-state index in [1.807, 2.05) is 22.6 Å². The molecule has 0 amide bonds. The van der Waals surface area contributed by atoms with Crippen molar-refractivity contribution >= 4 is 51.9 Å². The Bertz CT molecular complexity index is 1610. The average Bonchev–Trinajstić information content (AvgIpc) is 3.14. The second kappa shape index (κ2) is 11.0. The average molecular weight is 636 g/mol. The third-order valence-corrected chi connectivity index (χ3v) is 7.28. The van der Waals surface area contributed by atoms with E-state index in [1.165, 1.54) is 42.9 Å². The first-order valence-electron chi connectivity index (χ1n) is 11.2. The van der Waals surface area contributed by atoms with E-state index in [1.54, 1.807) is 32.1 Å². The number of fused-ring (bicyclic) bond motifs is 1. The first-order chi connectivity index (χ1) is 17.6. The zero-order valence-corrected chi connectivity index (χ0v) is 23.3. The number of carbonyl (C=O) groups excluding carboxylic acids is 2. The van der Waals surface area contributed by atoms with E-state index < -0.39 is 23.8 Å². The largest absolute Gasteiger partial charge is 0.493 e. The number of halogens is 2. The maximum absolute atomic E-state index is 13.7. The number of allylic oxidation sites excluding steroid dienone is 1. The Labute approximate surface area is 228 Å². The minimum absolute atomic E-state index is 0.153. The Kier molecular flexibility index (Phi) is 7.93. The lowest BCUT2D eigenvalue weighted by molar-refractivity contribution is -0.139. The Balaban J connectivity index is 1.91. The Morgan fingerprint density at radius 1 is 1.24 bits per heavy atom. The molecule has 1 aromatic heterocycles. The molecule has 1 aliphatic heterocycles. The van der Waals surface area contributed by atoms with Gasteiger partial charge in [-0.05, 0) is 77.9 Å². The number of rotatable bonds is 6. The molecule has 2 aromatic carbocycles. The maximum atomic E-state index is 13.7. The fraction of sp³-hybridized carbons (Fsp3) is 0.231. The maximum Gasteiger partial charge on any atom is 0.338 e. The SMILES string of the molecule is CCOC(=O)C1=C(C)N=c2s/c(=C\c3cc(I)c(OC(C)=O)c(OC)c3)c(=O)n2[C@H]1c1ccc(F)cc1. The molecule has 0 saturated heterocycles. The number of esters is 2. The number of carbonyl (C=O) groups is 2. The van der Waals surface area contributed by atoms with E-state index >= 15 is 0 Å². The van der Waals surface area contributed by atoms with E-state index in [9.17, 15) is 18.8 Å². The summed E-state index contributed by atoms with van der Waals surface area (Å²) in [7, 11) is 1.46. The highest BCUT2D eigenvalue weighted by atomic mass is 127. The Morgan fingerprint density at radius 2 is 1.95 bits per heavy atom. The molecule has 0 unspecified atom stereocenters. The fourth-order valence-corrected chi connectivity index (χ4v) is 5.75. The van der Waals surface area contributed by atoms with E-state index in [0.717, 1.165) is 11.3 Å². The van der Waals surface area contributed by atoms with Crippen molar-refractivity contribution in [2.45, 2.75) is 26.8 Å². The van der Waals surface area contributed by atoms with Gasteiger partial charge in [0.05, 0.1) is 39.1 Å². The lowest BCUT2D eigenvalue weighted by Gasteiger charge is -2.24. The predicted molar refractivity (Wildman–Crippen MR) is 144 cm³/mol. The molecule has 0 saturated carbocycles. The first-order valence-corrected chi connectivity index (χ1v) is 13.0. The second-order valence-electron chi connectivity index (χ2n) is 7.98. The Hall–Kier alpha value is -3.32. The van der Waals surface area contributed by atoms with E-state index in [2.05, 4.69) is 4.99 Å². The molecule has 2 heterocycles. The number of hydrogen-bond donors (Lipinski definition) is 0. The third-order valence-electron chi connectivity index (χ3n) is 5.50. The van der Waals surface area contributed by atoms with Crippen molar-refractivity contribution in [1.29, 1.82) is 0 Å². The van der Waals surface area contributed by atoms with E-state index in [-0.39, 0.29) is 17.7 Å². The minimum atomic E-state index is -0.834. The number of ether oxygens (including phenoxy) is 3. The quantitative estimate of drug-likeness (QED) is 0.234. The summed E-state index contributed by atoms with van der Waals surface area (Å²) in [5, 5.41) is 0. The number of aromatic nitrogens is 1. The van der Waals surface area contributed by atoms with Crippen LogP contribution in [0.1, 0.15) is 37.9 Å². The van der Waals surface area contributed by atoms with Crippen molar-refractivity contribution < 1.29 is 28.2 Å². The van der Waals surface area contributed by atoms with Gasteiger partial charge >= 0.3 is 11.9 Å². The highest BCUT2D eigenvalue weighted by molar-refractivity contribution is 14.1. The van der Waals surface area contributed by atoms with E-state index in [4.69, 9.17) is 14.2 Å². The van der Waals surface area contributed by atoms with Crippen LogP contribution in [0.2, 0.25) is 0 Å². The number of methoxy groups -OCH3 is 1.